The normalized spacial score (nSPS) is 11.2. The van der Waals surface area contributed by atoms with Gasteiger partial charge in [0.2, 0.25) is 0 Å². The Kier molecular flexibility index (Phi) is 6.44. The largest absolute Gasteiger partial charge is 0.416 e. The minimum atomic E-state index is -4.50. The van der Waals surface area contributed by atoms with E-state index in [9.17, 15) is 22.8 Å². The van der Waals surface area contributed by atoms with E-state index in [0.29, 0.717) is 5.69 Å². The predicted octanol–water partition coefficient (Wildman–Crippen LogP) is 4.17. The van der Waals surface area contributed by atoms with Gasteiger partial charge in [-0.05, 0) is 49.7 Å². The van der Waals surface area contributed by atoms with E-state index in [-0.39, 0.29) is 24.2 Å². The van der Waals surface area contributed by atoms with Crippen molar-refractivity contribution in [3.63, 3.8) is 0 Å². The van der Waals surface area contributed by atoms with Crippen LogP contribution in [0.4, 0.5) is 23.7 Å². The van der Waals surface area contributed by atoms with E-state index in [1.807, 2.05) is 13.8 Å². The summed E-state index contributed by atoms with van der Waals surface area (Å²) in [6, 6.07) is 10.7. The first kappa shape index (κ1) is 20.3. The van der Waals surface area contributed by atoms with E-state index >= 15 is 0 Å². The van der Waals surface area contributed by atoms with Crippen LogP contribution < -0.4 is 16.0 Å². The van der Waals surface area contributed by atoms with Gasteiger partial charge in [0.25, 0.3) is 5.91 Å². The number of halogens is 3. The fraction of sp³-hybridized carbons (Fsp3) is 0.263. The summed E-state index contributed by atoms with van der Waals surface area (Å²) in [6.07, 6.45) is -4.50. The highest BCUT2D eigenvalue weighted by atomic mass is 19.4. The maximum atomic E-state index is 12.7. The molecule has 0 fully saturated rings. The molecule has 0 aliphatic carbocycles. The Labute approximate surface area is 155 Å². The van der Waals surface area contributed by atoms with Gasteiger partial charge in [0.05, 0.1) is 5.56 Å². The Balaban J connectivity index is 1.93. The fourth-order valence-corrected chi connectivity index (χ4v) is 2.26. The zero-order valence-electron chi connectivity index (χ0n) is 14.9. The summed E-state index contributed by atoms with van der Waals surface area (Å²) in [7, 11) is 0. The van der Waals surface area contributed by atoms with Crippen LogP contribution in [0.15, 0.2) is 48.5 Å². The molecule has 0 heterocycles. The lowest BCUT2D eigenvalue weighted by atomic mass is 10.1. The molecule has 0 atom stereocenters. The zero-order valence-corrected chi connectivity index (χ0v) is 14.9. The van der Waals surface area contributed by atoms with Crippen molar-refractivity contribution in [1.82, 2.24) is 10.6 Å². The van der Waals surface area contributed by atoms with Crippen molar-refractivity contribution >= 4 is 17.6 Å². The molecule has 8 heteroatoms. The lowest BCUT2D eigenvalue weighted by Crippen LogP contribution is -2.34. The van der Waals surface area contributed by atoms with Crippen molar-refractivity contribution in [2.75, 3.05) is 5.32 Å². The Morgan fingerprint density at radius 3 is 2.30 bits per heavy atom. The van der Waals surface area contributed by atoms with Gasteiger partial charge < -0.3 is 16.0 Å². The van der Waals surface area contributed by atoms with Crippen LogP contribution in [0.1, 0.15) is 35.3 Å². The third kappa shape index (κ3) is 6.32. The van der Waals surface area contributed by atoms with E-state index in [1.54, 1.807) is 24.3 Å². The van der Waals surface area contributed by atoms with Crippen molar-refractivity contribution in [3.8, 4) is 0 Å². The summed E-state index contributed by atoms with van der Waals surface area (Å²) < 4.78 is 38.1. The number of benzene rings is 2. The van der Waals surface area contributed by atoms with Crippen molar-refractivity contribution in [3.05, 3.63) is 65.2 Å². The molecule has 0 unspecified atom stereocenters. The maximum Gasteiger partial charge on any atom is 0.416 e. The van der Waals surface area contributed by atoms with Crippen LogP contribution in [0.5, 0.6) is 0 Å². The molecule has 144 valence electrons. The molecule has 0 aliphatic rings. The molecule has 0 saturated heterocycles. The summed E-state index contributed by atoms with van der Waals surface area (Å²) in [5.74, 6) is -0.598. The molecule has 2 aromatic rings. The molecule has 0 aliphatic heterocycles. The molecule has 3 N–H and O–H groups in total. The van der Waals surface area contributed by atoms with Gasteiger partial charge in [-0.15, -0.1) is 0 Å². The van der Waals surface area contributed by atoms with Crippen LogP contribution >= 0.6 is 0 Å². The first-order valence-electron chi connectivity index (χ1n) is 8.27. The number of anilines is 1. The van der Waals surface area contributed by atoms with Gasteiger partial charge in [-0.1, -0.05) is 18.2 Å². The second-order valence-corrected chi connectivity index (χ2v) is 6.21. The van der Waals surface area contributed by atoms with Gasteiger partial charge in [-0.3, -0.25) is 4.79 Å². The number of hydrogen-bond donors (Lipinski definition) is 3. The lowest BCUT2D eigenvalue weighted by Gasteiger charge is -2.11. The summed E-state index contributed by atoms with van der Waals surface area (Å²) in [6.45, 7) is 3.83. The molecule has 2 rings (SSSR count). The van der Waals surface area contributed by atoms with Crippen LogP contribution in [0, 0.1) is 0 Å². The number of carbonyl (C=O) groups is 2. The smallest absolute Gasteiger partial charge is 0.348 e. The highest BCUT2D eigenvalue weighted by Crippen LogP contribution is 2.29. The number of rotatable bonds is 5. The Hall–Kier alpha value is -3.03. The SMILES string of the molecule is CC(C)NC(=O)Nc1ccc(CNC(=O)c2cccc(C(F)(F)F)c2)cc1. The molecule has 0 radical (unpaired) electrons. The molecule has 2 aromatic carbocycles. The molecule has 0 bridgehead atoms. The standard InChI is InChI=1S/C19H20F3N3O2/c1-12(2)24-18(27)25-16-8-6-13(7-9-16)11-23-17(26)14-4-3-5-15(10-14)19(20,21)22/h3-10,12H,11H2,1-2H3,(H,23,26)(H2,24,25,27). The van der Waals surface area contributed by atoms with Crippen molar-refractivity contribution in [2.24, 2.45) is 0 Å². The minimum Gasteiger partial charge on any atom is -0.348 e. The van der Waals surface area contributed by atoms with Gasteiger partial charge in [0.15, 0.2) is 0 Å². The van der Waals surface area contributed by atoms with E-state index in [2.05, 4.69) is 16.0 Å². The summed E-state index contributed by atoms with van der Waals surface area (Å²) in [5, 5.41) is 7.93. The topological polar surface area (TPSA) is 70.2 Å². The summed E-state index contributed by atoms with van der Waals surface area (Å²) in [4.78, 5) is 23.7. The van der Waals surface area contributed by atoms with Crippen molar-refractivity contribution < 1.29 is 22.8 Å². The van der Waals surface area contributed by atoms with Crippen LogP contribution in [-0.4, -0.2) is 18.0 Å². The van der Waals surface area contributed by atoms with Crippen LogP contribution in [0.25, 0.3) is 0 Å². The molecule has 5 nitrogen and oxygen atoms in total. The second kappa shape index (κ2) is 8.57. The lowest BCUT2D eigenvalue weighted by molar-refractivity contribution is -0.137. The van der Waals surface area contributed by atoms with E-state index < -0.39 is 17.6 Å². The third-order valence-corrected chi connectivity index (χ3v) is 3.54. The molecule has 3 amide bonds. The van der Waals surface area contributed by atoms with Crippen LogP contribution in [-0.2, 0) is 12.7 Å². The average Bonchev–Trinajstić information content (AvgIpc) is 2.59. The monoisotopic (exact) mass is 379 g/mol. The predicted molar refractivity (Wildman–Crippen MR) is 96.3 cm³/mol. The number of carbonyl (C=O) groups excluding carboxylic acids is 2. The molecule has 0 spiro atoms. The van der Waals surface area contributed by atoms with Gasteiger partial charge in [-0.2, -0.15) is 13.2 Å². The molecular weight excluding hydrogens is 359 g/mol. The third-order valence-electron chi connectivity index (χ3n) is 3.54. The number of amides is 3. The number of urea groups is 1. The highest BCUT2D eigenvalue weighted by Gasteiger charge is 2.30. The molecule has 0 saturated carbocycles. The highest BCUT2D eigenvalue weighted by molar-refractivity contribution is 5.94. The first-order chi connectivity index (χ1) is 12.6. The summed E-state index contributed by atoms with van der Waals surface area (Å²) >= 11 is 0. The number of hydrogen-bond acceptors (Lipinski definition) is 2. The Morgan fingerprint density at radius 1 is 1.04 bits per heavy atom. The Bertz CT molecular complexity index is 803. The van der Waals surface area contributed by atoms with E-state index in [0.717, 1.165) is 17.7 Å². The number of alkyl halides is 3. The van der Waals surface area contributed by atoms with Gasteiger partial charge >= 0.3 is 12.2 Å². The summed E-state index contributed by atoms with van der Waals surface area (Å²) in [5.41, 5.74) is 0.393. The average molecular weight is 379 g/mol. The van der Waals surface area contributed by atoms with Crippen molar-refractivity contribution in [1.29, 1.82) is 0 Å². The first-order valence-corrected chi connectivity index (χ1v) is 8.27. The van der Waals surface area contributed by atoms with Gasteiger partial charge in [0, 0.05) is 23.8 Å². The van der Waals surface area contributed by atoms with Gasteiger partial charge in [-0.25, -0.2) is 4.79 Å². The van der Waals surface area contributed by atoms with Crippen molar-refractivity contribution in [2.45, 2.75) is 32.6 Å². The quantitative estimate of drug-likeness (QED) is 0.730. The second-order valence-electron chi connectivity index (χ2n) is 6.21. The van der Waals surface area contributed by atoms with Gasteiger partial charge in [0.1, 0.15) is 0 Å². The van der Waals surface area contributed by atoms with E-state index in [1.165, 1.54) is 12.1 Å². The van der Waals surface area contributed by atoms with E-state index in [4.69, 9.17) is 0 Å². The molecule has 0 aromatic heterocycles. The molecule has 27 heavy (non-hydrogen) atoms. The molecular formula is C19H20F3N3O2. The minimum absolute atomic E-state index is 0.00957. The maximum absolute atomic E-state index is 12.7. The van der Waals surface area contributed by atoms with Crippen LogP contribution in [0.3, 0.4) is 0 Å². The fourth-order valence-electron chi connectivity index (χ4n) is 2.26. The number of nitrogens with one attached hydrogen (secondary N) is 3. The Morgan fingerprint density at radius 2 is 1.70 bits per heavy atom. The zero-order chi connectivity index (χ0) is 20.0. The van der Waals surface area contributed by atoms with Crippen LogP contribution in [0.2, 0.25) is 0 Å².